The second-order valence-corrected chi connectivity index (χ2v) is 0. The Morgan fingerprint density at radius 2 is 0.500 bits per heavy atom. The molecular formula is HFNaSi4. The van der Waals surface area contributed by atoms with Gasteiger partial charge in [0.2, 0.25) is 0 Å². The summed E-state index contributed by atoms with van der Waals surface area (Å²) in [5, 5.41) is 0. The van der Waals surface area contributed by atoms with E-state index in [1.807, 2.05) is 0 Å². The zero-order valence-electron chi connectivity index (χ0n) is 3.41. The van der Waals surface area contributed by atoms with Gasteiger partial charge >= 0.3 is 0 Å². The van der Waals surface area contributed by atoms with Crippen LogP contribution in [-0.4, -0.2) is 73.4 Å². The van der Waals surface area contributed by atoms with E-state index in [9.17, 15) is 0 Å². The molecule has 17 radical (unpaired) electrons. The van der Waals surface area contributed by atoms with Crippen LogP contribution in [0.1, 0.15) is 0 Å². The molecule has 25 valence electrons. The Bertz CT molecular complexity index is 7.51. The van der Waals surface area contributed by atoms with Gasteiger partial charge < -0.3 is 0 Å². The Labute approximate surface area is 77.6 Å². The number of rotatable bonds is 0. The molecule has 0 aromatic rings. The molecule has 0 aliphatic heterocycles. The molecule has 0 aliphatic carbocycles. The molecule has 0 N–H and O–H groups in total. The van der Waals surface area contributed by atoms with Crippen molar-refractivity contribution in [2.75, 3.05) is 0 Å². The van der Waals surface area contributed by atoms with Crippen molar-refractivity contribution in [3.63, 3.8) is 0 Å². The molecule has 0 aromatic carbocycles. The van der Waals surface area contributed by atoms with Crippen LogP contribution in [0.4, 0.5) is 4.70 Å². The summed E-state index contributed by atoms with van der Waals surface area (Å²) in [6.07, 6.45) is 0. The molecule has 6 heteroatoms. The molecule has 0 saturated heterocycles. The maximum absolute atomic E-state index is 0. The summed E-state index contributed by atoms with van der Waals surface area (Å²) in [5.41, 5.74) is 0. The first-order chi connectivity index (χ1) is 0. The van der Waals surface area contributed by atoms with E-state index >= 15 is 0 Å². The Balaban J connectivity index is 0. The summed E-state index contributed by atoms with van der Waals surface area (Å²) >= 11 is 0. The van der Waals surface area contributed by atoms with Crippen molar-refractivity contribution in [2.45, 2.75) is 0 Å². The standard InChI is InChI=1S/FH.Na.4Si/h1H;;;;;. The van der Waals surface area contributed by atoms with Gasteiger partial charge in [-0.1, -0.05) is 0 Å². The Kier molecular flexibility index (Phi) is 1310. The molecular weight excluding hydrogens is 154 g/mol. The first kappa shape index (κ1) is 112. The predicted molar refractivity (Wildman–Crippen MR) is 31.3 cm³/mol. The zero-order valence-corrected chi connectivity index (χ0v) is 9.41. The normalized spacial score (nSPS) is 0. The molecule has 0 spiro atoms. The van der Waals surface area contributed by atoms with Gasteiger partial charge in [-0.05, 0) is 0 Å². The third-order valence-corrected chi connectivity index (χ3v) is 0. The maximum atomic E-state index is 0. The topological polar surface area (TPSA) is 0 Å². The van der Waals surface area contributed by atoms with Crippen LogP contribution in [0, 0.1) is 0 Å². The molecule has 0 aromatic heterocycles. The first-order valence-corrected chi connectivity index (χ1v) is 0. The summed E-state index contributed by atoms with van der Waals surface area (Å²) in [6.45, 7) is 0. The van der Waals surface area contributed by atoms with Gasteiger partial charge in [0.1, 0.15) is 0 Å². The van der Waals surface area contributed by atoms with Gasteiger partial charge in [-0.3, -0.25) is 4.70 Å². The van der Waals surface area contributed by atoms with E-state index in [0.717, 1.165) is 0 Å². The van der Waals surface area contributed by atoms with E-state index in [0.29, 0.717) is 0 Å². The van der Waals surface area contributed by atoms with Crippen LogP contribution in [0.25, 0.3) is 0 Å². The minimum absolute atomic E-state index is 0. The second kappa shape index (κ2) is 70.7. The third-order valence-electron chi connectivity index (χ3n) is 0. The van der Waals surface area contributed by atoms with Gasteiger partial charge in [0.25, 0.3) is 0 Å². The SMILES string of the molecule is F.[Na].[Si].[Si].[Si].[Si]. The Morgan fingerprint density at radius 1 is 0.500 bits per heavy atom. The molecule has 0 saturated carbocycles. The van der Waals surface area contributed by atoms with Gasteiger partial charge in [0, 0.05) is 73.4 Å². The fourth-order valence-corrected chi connectivity index (χ4v) is 0. The van der Waals surface area contributed by atoms with E-state index in [4.69, 9.17) is 0 Å². The van der Waals surface area contributed by atoms with Gasteiger partial charge in [-0.15, -0.1) is 0 Å². The summed E-state index contributed by atoms with van der Waals surface area (Å²) in [5.74, 6) is 0. The van der Waals surface area contributed by atoms with Crippen molar-refractivity contribution in [2.24, 2.45) is 0 Å². The molecule has 0 bridgehead atoms. The number of halogens is 1. The average molecular weight is 155 g/mol. The minimum atomic E-state index is 0. The Morgan fingerprint density at radius 3 is 0.500 bits per heavy atom. The molecule has 6 heavy (non-hydrogen) atoms. The van der Waals surface area contributed by atoms with Crippen LogP contribution >= 0.6 is 0 Å². The predicted octanol–water partition coefficient (Wildman–Crippen LogP) is -1.75. The van der Waals surface area contributed by atoms with Gasteiger partial charge in [0.05, 0.1) is 0 Å². The summed E-state index contributed by atoms with van der Waals surface area (Å²) in [7, 11) is 0. The molecule has 0 rings (SSSR count). The van der Waals surface area contributed by atoms with Crippen molar-refractivity contribution in [3.8, 4) is 0 Å². The fourth-order valence-electron chi connectivity index (χ4n) is 0. The smallest absolute Gasteiger partial charge is 0 e. The molecule has 0 fully saturated rings. The van der Waals surface area contributed by atoms with E-state index in [2.05, 4.69) is 0 Å². The fraction of sp³-hybridized carbons (Fsp3) is 0. The zero-order chi connectivity index (χ0) is 0. The van der Waals surface area contributed by atoms with E-state index in [-0.39, 0.29) is 78.1 Å². The van der Waals surface area contributed by atoms with Crippen molar-refractivity contribution in [1.29, 1.82) is 0 Å². The second-order valence-electron chi connectivity index (χ2n) is 0. The Hall–Kier alpha value is 1.80. The quantitative estimate of drug-likeness (QED) is 0.364. The van der Waals surface area contributed by atoms with Crippen molar-refractivity contribution < 1.29 is 4.70 Å². The summed E-state index contributed by atoms with van der Waals surface area (Å²) in [4.78, 5) is 0. The van der Waals surface area contributed by atoms with Gasteiger partial charge in [-0.25, -0.2) is 0 Å². The van der Waals surface area contributed by atoms with Crippen LogP contribution in [0.15, 0.2) is 0 Å². The van der Waals surface area contributed by atoms with Crippen LogP contribution in [0.5, 0.6) is 0 Å². The average Bonchev–Trinajstić information content (AvgIpc) is 0. The van der Waals surface area contributed by atoms with Crippen LogP contribution in [0.3, 0.4) is 0 Å². The van der Waals surface area contributed by atoms with Crippen molar-refractivity contribution in [3.05, 3.63) is 0 Å². The van der Waals surface area contributed by atoms with Crippen molar-refractivity contribution >= 4 is 73.4 Å². The van der Waals surface area contributed by atoms with Crippen LogP contribution < -0.4 is 0 Å². The monoisotopic (exact) mass is 155 g/mol. The van der Waals surface area contributed by atoms with Gasteiger partial charge in [0.15, 0.2) is 0 Å². The van der Waals surface area contributed by atoms with Gasteiger partial charge in [-0.2, -0.15) is 0 Å². The van der Waals surface area contributed by atoms with E-state index in [1.165, 1.54) is 0 Å². The summed E-state index contributed by atoms with van der Waals surface area (Å²) in [6, 6.07) is 0. The van der Waals surface area contributed by atoms with Crippen molar-refractivity contribution in [1.82, 2.24) is 0 Å². The molecule has 0 aliphatic rings. The molecule has 0 nitrogen and oxygen atoms in total. The number of hydrogen-bond acceptors (Lipinski definition) is 0. The largest absolute Gasteiger partial charge is 0.269 e. The summed E-state index contributed by atoms with van der Waals surface area (Å²) < 4.78 is 0. The maximum Gasteiger partial charge on any atom is 0 e. The van der Waals surface area contributed by atoms with E-state index < -0.39 is 0 Å². The molecule has 0 amide bonds. The van der Waals surface area contributed by atoms with Crippen LogP contribution in [0.2, 0.25) is 0 Å². The number of hydrogen-bond donors (Lipinski definition) is 0. The third kappa shape index (κ3) is 41.3. The first-order valence-electron chi connectivity index (χ1n) is 0. The molecule has 0 heterocycles. The minimum Gasteiger partial charge on any atom is -0.269 e. The van der Waals surface area contributed by atoms with Crippen LogP contribution in [-0.2, 0) is 0 Å². The molecule has 0 atom stereocenters. The molecule has 0 unspecified atom stereocenters. The van der Waals surface area contributed by atoms with E-state index in [1.54, 1.807) is 0 Å².